The monoisotopic (exact) mass is 180 g/mol. The Morgan fingerprint density at radius 3 is 2.85 bits per heavy atom. The van der Waals surface area contributed by atoms with E-state index in [1.807, 2.05) is 0 Å². The minimum absolute atomic E-state index is 0.361. The molecule has 3 heteroatoms. The topological polar surface area (TPSA) is 46.5 Å². The van der Waals surface area contributed by atoms with Crippen molar-refractivity contribution in [2.45, 2.75) is 12.8 Å². The number of carbonyl (C=O) groups is 1. The summed E-state index contributed by atoms with van der Waals surface area (Å²) in [5.41, 5.74) is 1.02. The molecule has 1 aliphatic carbocycles. The molecule has 1 rings (SSSR count). The van der Waals surface area contributed by atoms with Gasteiger partial charge in [0.05, 0.1) is 12.9 Å². The lowest BCUT2D eigenvalue weighted by Crippen LogP contribution is -1.95. The van der Waals surface area contributed by atoms with E-state index < -0.39 is 0 Å². The van der Waals surface area contributed by atoms with Crippen molar-refractivity contribution in [1.82, 2.24) is 0 Å². The molecule has 0 spiro atoms. The highest BCUT2D eigenvalue weighted by atomic mass is 16.5. The number of aliphatic hydroxyl groups excluding tert-OH is 1. The summed E-state index contributed by atoms with van der Waals surface area (Å²) in [5.74, 6) is 0.0230. The molecule has 70 valence electrons. The molecule has 0 atom stereocenters. The van der Waals surface area contributed by atoms with Crippen molar-refractivity contribution in [3.8, 4) is 0 Å². The molecule has 1 aliphatic rings. The van der Waals surface area contributed by atoms with Gasteiger partial charge < -0.3 is 9.84 Å². The van der Waals surface area contributed by atoms with Crippen LogP contribution >= 0.6 is 0 Å². The normalized spacial score (nSPS) is 16.7. The van der Waals surface area contributed by atoms with Crippen molar-refractivity contribution in [2.75, 3.05) is 7.11 Å². The Hall–Kier alpha value is -1.51. The molecule has 0 saturated carbocycles. The van der Waals surface area contributed by atoms with Crippen molar-refractivity contribution in [1.29, 1.82) is 0 Å². The lowest BCUT2D eigenvalue weighted by atomic mass is 10.0. The summed E-state index contributed by atoms with van der Waals surface area (Å²) in [4.78, 5) is 10.7. The summed E-state index contributed by atoms with van der Waals surface area (Å²) >= 11 is 0. The highest BCUT2D eigenvalue weighted by molar-refractivity contribution is 5.82. The van der Waals surface area contributed by atoms with Crippen LogP contribution in [0.5, 0.6) is 0 Å². The summed E-state index contributed by atoms with van der Waals surface area (Å²) in [6, 6.07) is 0. The Bertz CT molecular complexity index is 285. The lowest BCUT2D eigenvalue weighted by Gasteiger charge is -2.06. The Morgan fingerprint density at radius 2 is 2.31 bits per heavy atom. The minimum Gasteiger partial charge on any atom is -0.512 e. The number of hydrogen-bond acceptors (Lipinski definition) is 3. The van der Waals surface area contributed by atoms with Gasteiger partial charge in [-0.25, -0.2) is 4.79 Å². The summed E-state index contributed by atoms with van der Waals surface area (Å²) in [6.45, 7) is 0. The second kappa shape index (κ2) is 4.50. The molecule has 3 nitrogen and oxygen atoms in total. The predicted octanol–water partition coefficient (Wildman–Crippen LogP) is 1.88. The third kappa shape index (κ3) is 3.15. The van der Waals surface area contributed by atoms with E-state index in [2.05, 4.69) is 4.74 Å². The minimum atomic E-state index is -0.361. The SMILES string of the molecule is COC(=O)/C=C/C1=CC=C(O)CC1. The van der Waals surface area contributed by atoms with Crippen molar-refractivity contribution < 1.29 is 14.6 Å². The molecular formula is C10H12O3. The average molecular weight is 180 g/mol. The first-order chi connectivity index (χ1) is 6.22. The third-order valence-corrected chi connectivity index (χ3v) is 1.79. The summed E-state index contributed by atoms with van der Waals surface area (Å²) < 4.78 is 4.44. The van der Waals surface area contributed by atoms with Gasteiger partial charge in [0, 0.05) is 12.5 Å². The van der Waals surface area contributed by atoms with Crippen LogP contribution in [0.4, 0.5) is 0 Å². The number of methoxy groups -OCH3 is 1. The number of rotatable bonds is 2. The van der Waals surface area contributed by atoms with Gasteiger partial charge in [-0.2, -0.15) is 0 Å². The van der Waals surface area contributed by atoms with Crippen molar-refractivity contribution in [2.24, 2.45) is 0 Å². The molecule has 0 aromatic heterocycles. The van der Waals surface area contributed by atoms with Crippen molar-refractivity contribution in [3.63, 3.8) is 0 Å². The first-order valence-electron chi connectivity index (χ1n) is 4.07. The van der Waals surface area contributed by atoms with Crippen LogP contribution in [-0.4, -0.2) is 18.2 Å². The smallest absolute Gasteiger partial charge is 0.330 e. The zero-order valence-corrected chi connectivity index (χ0v) is 7.49. The first-order valence-corrected chi connectivity index (χ1v) is 4.07. The van der Waals surface area contributed by atoms with Crippen LogP contribution in [0.2, 0.25) is 0 Å². The summed E-state index contributed by atoms with van der Waals surface area (Å²) in [7, 11) is 1.34. The van der Waals surface area contributed by atoms with Crippen LogP contribution in [0.15, 0.2) is 35.6 Å². The summed E-state index contributed by atoms with van der Waals surface area (Å²) in [5, 5.41) is 9.05. The zero-order valence-electron chi connectivity index (χ0n) is 7.49. The van der Waals surface area contributed by atoms with Gasteiger partial charge in [0.2, 0.25) is 0 Å². The maximum absolute atomic E-state index is 10.7. The first kappa shape index (κ1) is 9.58. The van der Waals surface area contributed by atoms with Crippen LogP contribution in [0.1, 0.15) is 12.8 Å². The number of esters is 1. The fraction of sp³-hybridized carbons (Fsp3) is 0.300. The van der Waals surface area contributed by atoms with E-state index in [1.54, 1.807) is 18.2 Å². The Balaban J connectivity index is 2.55. The lowest BCUT2D eigenvalue weighted by molar-refractivity contribution is -0.134. The second-order valence-electron chi connectivity index (χ2n) is 2.76. The Kier molecular flexibility index (Phi) is 3.31. The molecule has 13 heavy (non-hydrogen) atoms. The van der Waals surface area contributed by atoms with Crippen LogP contribution in [-0.2, 0) is 9.53 Å². The quantitative estimate of drug-likeness (QED) is 0.521. The Morgan fingerprint density at radius 1 is 1.54 bits per heavy atom. The molecule has 0 aromatic rings. The van der Waals surface area contributed by atoms with Crippen LogP contribution in [0, 0.1) is 0 Å². The largest absolute Gasteiger partial charge is 0.512 e. The predicted molar refractivity (Wildman–Crippen MR) is 49.2 cm³/mol. The van der Waals surface area contributed by atoms with Crippen LogP contribution in [0.25, 0.3) is 0 Å². The summed E-state index contributed by atoms with van der Waals surface area (Å²) in [6.07, 6.45) is 7.91. The highest BCUT2D eigenvalue weighted by Crippen LogP contribution is 2.16. The second-order valence-corrected chi connectivity index (χ2v) is 2.76. The highest BCUT2D eigenvalue weighted by Gasteiger charge is 2.02. The van der Waals surface area contributed by atoms with Gasteiger partial charge in [-0.3, -0.25) is 0 Å². The van der Waals surface area contributed by atoms with Gasteiger partial charge in [0.25, 0.3) is 0 Å². The van der Waals surface area contributed by atoms with Gasteiger partial charge in [-0.15, -0.1) is 0 Å². The molecule has 0 unspecified atom stereocenters. The van der Waals surface area contributed by atoms with E-state index in [-0.39, 0.29) is 5.97 Å². The molecule has 0 heterocycles. The van der Waals surface area contributed by atoms with E-state index in [4.69, 9.17) is 5.11 Å². The molecule has 0 aliphatic heterocycles. The number of ether oxygens (including phenoxy) is 1. The average Bonchev–Trinajstić information content (AvgIpc) is 2.16. The number of carbonyl (C=O) groups excluding carboxylic acids is 1. The van der Waals surface area contributed by atoms with Gasteiger partial charge in [-0.05, 0) is 18.1 Å². The van der Waals surface area contributed by atoms with Gasteiger partial charge in [-0.1, -0.05) is 12.2 Å². The standard InChI is InChI=1S/C10H12O3/c1-13-10(12)7-4-8-2-5-9(11)6-3-8/h2,4-5,7,11H,3,6H2,1H3/b7-4+. The number of aliphatic hydroxyl groups is 1. The van der Waals surface area contributed by atoms with E-state index in [0.717, 1.165) is 12.0 Å². The van der Waals surface area contributed by atoms with E-state index in [9.17, 15) is 4.79 Å². The fourth-order valence-electron chi connectivity index (χ4n) is 1.02. The molecular weight excluding hydrogens is 168 g/mol. The molecule has 1 N–H and O–H groups in total. The van der Waals surface area contributed by atoms with E-state index >= 15 is 0 Å². The number of hydrogen-bond donors (Lipinski definition) is 1. The maximum Gasteiger partial charge on any atom is 0.330 e. The van der Waals surface area contributed by atoms with Crippen molar-refractivity contribution >= 4 is 5.97 Å². The van der Waals surface area contributed by atoms with Crippen LogP contribution in [0.3, 0.4) is 0 Å². The van der Waals surface area contributed by atoms with Gasteiger partial charge in [0.15, 0.2) is 0 Å². The third-order valence-electron chi connectivity index (χ3n) is 1.79. The van der Waals surface area contributed by atoms with E-state index in [0.29, 0.717) is 12.2 Å². The van der Waals surface area contributed by atoms with E-state index in [1.165, 1.54) is 13.2 Å². The molecule has 0 saturated heterocycles. The molecule has 0 aromatic carbocycles. The Labute approximate surface area is 77.0 Å². The molecule has 0 fully saturated rings. The van der Waals surface area contributed by atoms with Crippen LogP contribution < -0.4 is 0 Å². The fourth-order valence-corrected chi connectivity index (χ4v) is 1.02. The van der Waals surface area contributed by atoms with Gasteiger partial charge >= 0.3 is 5.97 Å². The van der Waals surface area contributed by atoms with Gasteiger partial charge in [0.1, 0.15) is 0 Å². The molecule has 0 amide bonds. The zero-order chi connectivity index (χ0) is 9.68. The molecule has 0 bridgehead atoms. The maximum atomic E-state index is 10.7. The molecule has 0 radical (unpaired) electrons. The van der Waals surface area contributed by atoms with Crippen molar-refractivity contribution in [3.05, 3.63) is 35.6 Å². The number of allylic oxidation sites excluding steroid dienone is 5.